The summed E-state index contributed by atoms with van der Waals surface area (Å²) in [5, 5.41) is 2.84. The molecular formula is C28H31F3N4O4. The number of aromatic amines is 1. The molecule has 0 radical (unpaired) electrons. The van der Waals surface area contributed by atoms with Gasteiger partial charge < -0.3 is 24.5 Å². The average molecular weight is 545 g/mol. The predicted molar refractivity (Wildman–Crippen MR) is 138 cm³/mol. The molecule has 1 aromatic carbocycles. The fraction of sp³-hybridized carbons (Fsp3) is 0.429. The van der Waals surface area contributed by atoms with E-state index >= 15 is 0 Å². The molecule has 0 aliphatic carbocycles. The molecule has 2 aliphatic heterocycles. The largest absolute Gasteiger partial charge is 0.489 e. The number of nitrogens with zero attached hydrogens (tertiary/aromatic N) is 2. The highest BCUT2D eigenvalue weighted by Gasteiger charge is 2.31. The maximum Gasteiger partial charge on any atom is 0.387 e. The van der Waals surface area contributed by atoms with E-state index in [4.69, 9.17) is 9.47 Å². The first-order chi connectivity index (χ1) is 18.7. The summed E-state index contributed by atoms with van der Waals surface area (Å²) in [5.41, 5.74) is 2.83. The van der Waals surface area contributed by atoms with Crippen LogP contribution in [0, 0.1) is 5.82 Å². The molecule has 5 rings (SSSR count). The van der Waals surface area contributed by atoms with Crippen LogP contribution in [0.1, 0.15) is 41.0 Å². The Labute approximate surface area is 224 Å². The number of fused-ring (bicyclic) bond motifs is 1. The molecule has 0 saturated carbocycles. The van der Waals surface area contributed by atoms with Gasteiger partial charge in [-0.2, -0.15) is 8.78 Å². The second kappa shape index (κ2) is 11.3. The number of H-pyrrole nitrogens is 1. The van der Waals surface area contributed by atoms with E-state index in [0.717, 1.165) is 19.2 Å². The fourth-order valence-electron chi connectivity index (χ4n) is 5.17. The van der Waals surface area contributed by atoms with E-state index in [9.17, 15) is 18.0 Å². The highest BCUT2D eigenvalue weighted by molar-refractivity contribution is 6.00. The van der Waals surface area contributed by atoms with Crippen molar-refractivity contribution < 1.29 is 32.2 Å². The van der Waals surface area contributed by atoms with Crippen LogP contribution in [0.5, 0.6) is 11.5 Å². The lowest BCUT2D eigenvalue weighted by Gasteiger charge is -2.40. The molecule has 2 N–H and O–H groups in total. The molecule has 0 unspecified atom stereocenters. The van der Waals surface area contributed by atoms with Crippen LogP contribution in [0.4, 0.5) is 13.2 Å². The Balaban J connectivity index is 1.53. The zero-order valence-corrected chi connectivity index (χ0v) is 21.9. The van der Waals surface area contributed by atoms with Gasteiger partial charge in [-0.15, -0.1) is 0 Å². The number of carbonyl (C=O) groups is 1. The number of halogens is 3. The van der Waals surface area contributed by atoms with Gasteiger partial charge in [0.2, 0.25) is 0 Å². The molecule has 11 heteroatoms. The van der Waals surface area contributed by atoms with Gasteiger partial charge in [0.05, 0.1) is 30.7 Å². The van der Waals surface area contributed by atoms with Gasteiger partial charge in [0.1, 0.15) is 12.4 Å². The van der Waals surface area contributed by atoms with E-state index in [1.54, 1.807) is 18.5 Å². The van der Waals surface area contributed by atoms with Crippen molar-refractivity contribution in [1.82, 2.24) is 20.2 Å². The summed E-state index contributed by atoms with van der Waals surface area (Å²) in [7, 11) is 0. The average Bonchev–Trinajstić information content (AvgIpc) is 3.29. The number of amides is 1. The molecule has 8 nitrogen and oxygen atoms in total. The topological polar surface area (TPSA) is 88.7 Å². The SMILES string of the molecule is CC(C)(COc1cnccc1-c1[nH]c2c(c1Cc1cccc(F)c1OC(F)F)C(=O)NCC2)N1CCOCC1. The summed E-state index contributed by atoms with van der Waals surface area (Å²) >= 11 is 0. The van der Waals surface area contributed by atoms with Crippen LogP contribution in [0.2, 0.25) is 0 Å². The quantitative estimate of drug-likeness (QED) is 0.420. The third-order valence-electron chi connectivity index (χ3n) is 7.19. The van der Waals surface area contributed by atoms with Crippen molar-refractivity contribution in [3.05, 3.63) is 64.9 Å². The zero-order valence-electron chi connectivity index (χ0n) is 21.9. The molecule has 1 amide bonds. The number of aromatic nitrogens is 2. The Morgan fingerprint density at radius 1 is 1.21 bits per heavy atom. The van der Waals surface area contributed by atoms with Crippen LogP contribution in [-0.4, -0.2) is 72.4 Å². The highest BCUT2D eigenvalue weighted by atomic mass is 19.3. The molecule has 0 bridgehead atoms. The monoisotopic (exact) mass is 544 g/mol. The number of pyridine rings is 1. The number of para-hydroxylation sites is 1. The molecule has 0 spiro atoms. The second-order valence-electron chi connectivity index (χ2n) is 10.2. The lowest BCUT2D eigenvalue weighted by atomic mass is 9.94. The smallest absolute Gasteiger partial charge is 0.387 e. The van der Waals surface area contributed by atoms with E-state index in [-0.39, 0.29) is 23.4 Å². The van der Waals surface area contributed by atoms with Gasteiger partial charge in [-0.1, -0.05) is 12.1 Å². The number of hydrogen-bond acceptors (Lipinski definition) is 6. The number of nitrogens with one attached hydrogen (secondary N) is 2. The van der Waals surface area contributed by atoms with Crippen molar-refractivity contribution >= 4 is 5.91 Å². The van der Waals surface area contributed by atoms with Gasteiger partial charge in [0.25, 0.3) is 5.91 Å². The number of ether oxygens (including phenoxy) is 3. The maximum atomic E-state index is 14.5. The maximum absolute atomic E-state index is 14.5. The molecule has 208 valence electrons. The molecule has 2 aromatic heterocycles. The van der Waals surface area contributed by atoms with Gasteiger partial charge in [-0.3, -0.25) is 14.7 Å². The molecule has 4 heterocycles. The molecule has 1 fully saturated rings. The Hall–Kier alpha value is -3.57. The van der Waals surface area contributed by atoms with Gasteiger partial charge in [0.15, 0.2) is 11.6 Å². The minimum Gasteiger partial charge on any atom is -0.489 e. The number of benzene rings is 1. The molecule has 2 aliphatic rings. The van der Waals surface area contributed by atoms with Gasteiger partial charge in [-0.05, 0) is 31.5 Å². The normalized spacial score (nSPS) is 16.2. The van der Waals surface area contributed by atoms with E-state index < -0.39 is 18.2 Å². The number of morpholine rings is 1. The van der Waals surface area contributed by atoms with Crippen LogP contribution in [0.25, 0.3) is 11.3 Å². The Bertz CT molecular complexity index is 1340. The van der Waals surface area contributed by atoms with Crippen molar-refractivity contribution in [3.8, 4) is 22.8 Å². The highest BCUT2D eigenvalue weighted by Crippen LogP contribution is 2.38. The third-order valence-corrected chi connectivity index (χ3v) is 7.19. The van der Waals surface area contributed by atoms with Crippen LogP contribution in [-0.2, 0) is 17.6 Å². The summed E-state index contributed by atoms with van der Waals surface area (Å²) in [6, 6.07) is 5.78. The Kier molecular flexibility index (Phi) is 7.81. The summed E-state index contributed by atoms with van der Waals surface area (Å²) in [6.45, 7) is 4.77. The predicted octanol–water partition coefficient (Wildman–Crippen LogP) is 4.18. The standard InChI is InChI=1S/C28H31F3N4O4/c1-28(2,35-10-12-37-13-11-35)16-38-22-15-32-8-6-18(22)24-19(23-21(34-24)7-9-33-26(23)36)14-17-4-3-5-20(29)25(17)39-27(30)31/h3-6,8,15,27,34H,7,9-14,16H2,1-2H3,(H,33,36). The Morgan fingerprint density at radius 2 is 2.00 bits per heavy atom. The minimum atomic E-state index is -3.20. The van der Waals surface area contributed by atoms with Crippen molar-refractivity contribution in [2.45, 2.75) is 38.8 Å². The molecule has 39 heavy (non-hydrogen) atoms. The first kappa shape index (κ1) is 27.0. The molecule has 3 aromatic rings. The first-order valence-electron chi connectivity index (χ1n) is 12.9. The van der Waals surface area contributed by atoms with Crippen LogP contribution in [0.3, 0.4) is 0 Å². The van der Waals surface area contributed by atoms with Gasteiger partial charge in [-0.25, -0.2) is 4.39 Å². The molecule has 0 atom stereocenters. The van der Waals surface area contributed by atoms with E-state index in [1.165, 1.54) is 12.1 Å². The third kappa shape index (κ3) is 5.74. The minimum absolute atomic E-state index is 0.0184. The van der Waals surface area contributed by atoms with Gasteiger partial charge >= 0.3 is 6.61 Å². The fourth-order valence-corrected chi connectivity index (χ4v) is 5.17. The van der Waals surface area contributed by atoms with E-state index in [0.29, 0.717) is 66.6 Å². The van der Waals surface area contributed by atoms with Crippen molar-refractivity contribution in [2.24, 2.45) is 0 Å². The van der Waals surface area contributed by atoms with E-state index in [2.05, 4.69) is 38.8 Å². The lowest BCUT2D eigenvalue weighted by molar-refractivity contribution is -0.0527. The van der Waals surface area contributed by atoms with Crippen LogP contribution < -0.4 is 14.8 Å². The van der Waals surface area contributed by atoms with Crippen molar-refractivity contribution in [1.29, 1.82) is 0 Å². The van der Waals surface area contributed by atoms with Gasteiger partial charge in [0, 0.05) is 61.0 Å². The lowest BCUT2D eigenvalue weighted by Crippen LogP contribution is -2.53. The second-order valence-corrected chi connectivity index (χ2v) is 10.2. The summed E-state index contributed by atoms with van der Waals surface area (Å²) in [5.74, 6) is -1.22. The van der Waals surface area contributed by atoms with Crippen LogP contribution >= 0.6 is 0 Å². The summed E-state index contributed by atoms with van der Waals surface area (Å²) < 4.78 is 57.1. The Morgan fingerprint density at radius 3 is 2.77 bits per heavy atom. The summed E-state index contributed by atoms with van der Waals surface area (Å²) in [6.07, 6.45) is 3.77. The molecular weight excluding hydrogens is 513 g/mol. The van der Waals surface area contributed by atoms with E-state index in [1.807, 2.05) is 0 Å². The first-order valence-corrected chi connectivity index (χ1v) is 12.9. The van der Waals surface area contributed by atoms with Crippen molar-refractivity contribution in [3.63, 3.8) is 0 Å². The number of rotatable bonds is 9. The molecule has 1 saturated heterocycles. The number of carbonyl (C=O) groups excluding carboxylic acids is 1. The zero-order chi connectivity index (χ0) is 27.6. The van der Waals surface area contributed by atoms with Crippen molar-refractivity contribution in [2.75, 3.05) is 39.5 Å². The number of hydrogen-bond donors (Lipinski definition) is 2. The number of alkyl halides is 2. The van der Waals surface area contributed by atoms with Crippen LogP contribution in [0.15, 0.2) is 36.7 Å². The summed E-state index contributed by atoms with van der Waals surface area (Å²) in [4.78, 5) is 22.9.